The van der Waals surface area contributed by atoms with E-state index in [1.54, 1.807) is 18.2 Å². The van der Waals surface area contributed by atoms with Gasteiger partial charge in [-0.1, -0.05) is 19.4 Å². The Hall–Kier alpha value is -1.32. The highest BCUT2D eigenvalue weighted by Gasteiger charge is 2.30. The molecule has 1 unspecified atom stereocenters. The molecule has 0 aromatic heterocycles. The summed E-state index contributed by atoms with van der Waals surface area (Å²) in [5.74, 6) is 0.950. The van der Waals surface area contributed by atoms with Crippen molar-refractivity contribution in [1.29, 1.82) is 0 Å². The first-order valence-corrected chi connectivity index (χ1v) is 6.50. The molecular weight excluding hydrogens is 236 g/mol. The van der Waals surface area contributed by atoms with E-state index in [1.807, 2.05) is 6.07 Å². The summed E-state index contributed by atoms with van der Waals surface area (Å²) in [7, 11) is 0. The van der Waals surface area contributed by atoms with Gasteiger partial charge in [0.2, 0.25) is 0 Å². The Morgan fingerprint density at radius 1 is 1.39 bits per heavy atom. The van der Waals surface area contributed by atoms with Gasteiger partial charge < -0.3 is 10.1 Å². The molecule has 1 aromatic carbocycles. The molecule has 2 rings (SSSR count). The highest BCUT2D eigenvalue weighted by Crippen LogP contribution is 2.36. The van der Waals surface area contributed by atoms with Crippen molar-refractivity contribution in [3.8, 4) is 5.75 Å². The van der Waals surface area contributed by atoms with Gasteiger partial charge >= 0.3 is 6.61 Å². The Morgan fingerprint density at radius 3 is 2.78 bits per heavy atom. The fourth-order valence-electron chi connectivity index (χ4n) is 2.21. The predicted molar refractivity (Wildman–Crippen MR) is 68.1 cm³/mol. The standard InChI is InChI=1S/C14H19F2NO/c1-2-4-13(10-7-8-10)17-11-5-3-6-12(9-11)18-14(15)16/h3,5-6,9-10,13-14,17H,2,4,7-8H2,1H3. The molecule has 0 amide bonds. The highest BCUT2D eigenvalue weighted by molar-refractivity contribution is 5.49. The van der Waals surface area contributed by atoms with Crippen molar-refractivity contribution in [2.45, 2.75) is 45.3 Å². The molecule has 1 aliphatic carbocycles. The summed E-state index contributed by atoms with van der Waals surface area (Å²) in [5, 5.41) is 3.43. The van der Waals surface area contributed by atoms with Crippen LogP contribution in [0.25, 0.3) is 0 Å². The Labute approximate surface area is 106 Å². The molecule has 4 heteroatoms. The van der Waals surface area contributed by atoms with Crippen LogP contribution in [-0.4, -0.2) is 12.7 Å². The number of ether oxygens (including phenoxy) is 1. The van der Waals surface area contributed by atoms with Crippen molar-refractivity contribution in [3.05, 3.63) is 24.3 Å². The quantitative estimate of drug-likeness (QED) is 0.785. The van der Waals surface area contributed by atoms with Crippen molar-refractivity contribution in [1.82, 2.24) is 0 Å². The van der Waals surface area contributed by atoms with Gasteiger partial charge in [0, 0.05) is 17.8 Å². The number of halogens is 2. The lowest BCUT2D eigenvalue weighted by atomic mass is 10.1. The van der Waals surface area contributed by atoms with Gasteiger partial charge in [-0.25, -0.2) is 0 Å². The topological polar surface area (TPSA) is 21.3 Å². The molecule has 1 aliphatic rings. The minimum Gasteiger partial charge on any atom is -0.435 e. The van der Waals surface area contributed by atoms with Crippen LogP contribution in [0.15, 0.2) is 24.3 Å². The Balaban J connectivity index is 1.98. The van der Waals surface area contributed by atoms with Gasteiger partial charge in [0.25, 0.3) is 0 Å². The Morgan fingerprint density at radius 2 is 2.17 bits per heavy atom. The lowest BCUT2D eigenvalue weighted by molar-refractivity contribution is -0.0498. The largest absolute Gasteiger partial charge is 0.435 e. The number of nitrogens with one attached hydrogen (secondary N) is 1. The van der Waals surface area contributed by atoms with E-state index in [2.05, 4.69) is 17.0 Å². The Kier molecular flexibility index (Phi) is 4.39. The van der Waals surface area contributed by atoms with E-state index >= 15 is 0 Å². The fourth-order valence-corrected chi connectivity index (χ4v) is 2.21. The molecule has 100 valence electrons. The third-order valence-electron chi connectivity index (χ3n) is 3.20. The van der Waals surface area contributed by atoms with E-state index in [0.29, 0.717) is 6.04 Å². The molecule has 0 bridgehead atoms. The molecule has 18 heavy (non-hydrogen) atoms. The van der Waals surface area contributed by atoms with E-state index in [4.69, 9.17) is 0 Å². The minimum absolute atomic E-state index is 0.209. The van der Waals surface area contributed by atoms with Gasteiger partial charge in [-0.2, -0.15) is 8.78 Å². The molecular formula is C14H19F2NO. The van der Waals surface area contributed by atoms with Crippen LogP contribution in [0.1, 0.15) is 32.6 Å². The normalized spacial score (nSPS) is 16.7. The van der Waals surface area contributed by atoms with Crippen molar-refractivity contribution in [2.24, 2.45) is 5.92 Å². The molecule has 1 atom stereocenters. The molecule has 0 spiro atoms. The molecule has 2 nitrogen and oxygen atoms in total. The summed E-state index contributed by atoms with van der Waals surface area (Å²) in [4.78, 5) is 0. The summed E-state index contributed by atoms with van der Waals surface area (Å²) in [6, 6.07) is 7.26. The molecule has 1 fully saturated rings. The minimum atomic E-state index is -2.77. The second kappa shape index (κ2) is 6.03. The third kappa shape index (κ3) is 3.86. The van der Waals surface area contributed by atoms with Gasteiger partial charge in [-0.3, -0.25) is 0 Å². The smallest absolute Gasteiger partial charge is 0.387 e. The van der Waals surface area contributed by atoms with E-state index in [0.717, 1.165) is 24.4 Å². The van der Waals surface area contributed by atoms with Gasteiger partial charge in [-0.05, 0) is 37.3 Å². The van der Waals surface area contributed by atoms with Crippen LogP contribution in [0, 0.1) is 5.92 Å². The number of benzene rings is 1. The summed E-state index contributed by atoms with van der Waals surface area (Å²) < 4.78 is 28.7. The number of anilines is 1. The summed E-state index contributed by atoms with van der Waals surface area (Å²) >= 11 is 0. The van der Waals surface area contributed by atoms with Crippen LogP contribution in [0.2, 0.25) is 0 Å². The first kappa shape index (κ1) is 13.1. The zero-order valence-corrected chi connectivity index (χ0v) is 10.5. The summed E-state index contributed by atoms with van der Waals surface area (Å²) in [5.41, 5.74) is 0.860. The zero-order valence-electron chi connectivity index (χ0n) is 10.5. The van der Waals surface area contributed by atoms with E-state index in [9.17, 15) is 8.78 Å². The summed E-state index contributed by atoms with van der Waals surface area (Å²) in [6.07, 6.45) is 4.78. The lowest BCUT2D eigenvalue weighted by Gasteiger charge is -2.19. The number of alkyl halides is 2. The zero-order chi connectivity index (χ0) is 13.0. The van der Waals surface area contributed by atoms with Crippen molar-refractivity contribution >= 4 is 5.69 Å². The SMILES string of the molecule is CCCC(Nc1cccc(OC(F)F)c1)C1CC1. The fraction of sp³-hybridized carbons (Fsp3) is 0.571. The molecule has 0 radical (unpaired) electrons. The molecule has 0 saturated heterocycles. The maximum Gasteiger partial charge on any atom is 0.387 e. The highest BCUT2D eigenvalue weighted by atomic mass is 19.3. The Bertz CT molecular complexity index is 380. The first-order valence-electron chi connectivity index (χ1n) is 6.50. The molecule has 0 aliphatic heterocycles. The van der Waals surface area contributed by atoms with Gasteiger partial charge in [-0.15, -0.1) is 0 Å². The average molecular weight is 255 g/mol. The number of hydrogen-bond donors (Lipinski definition) is 1. The lowest BCUT2D eigenvalue weighted by Crippen LogP contribution is -2.21. The van der Waals surface area contributed by atoms with Crippen LogP contribution in [0.5, 0.6) is 5.75 Å². The third-order valence-corrected chi connectivity index (χ3v) is 3.20. The van der Waals surface area contributed by atoms with E-state index < -0.39 is 6.61 Å². The van der Waals surface area contributed by atoms with Crippen LogP contribution in [0.3, 0.4) is 0 Å². The van der Waals surface area contributed by atoms with Crippen LogP contribution in [0.4, 0.5) is 14.5 Å². The second-order valence-electron chi connectivity index (χ2n) is 4.78. The van der Waals surface area contributed by atoms with Crippen LogP contribution < -0.4 is 10.1 Å². The van der Waals surface area contributed by atoms with Crippen molar-refractivity contribution < 1.29 is 13.5 Å². The predicted octanol–water partition coefficient (Wildman–Crippen LogP) is 4.28. The van der Waals surface area contributed by atoms with E-state index in [1.165, 1.54) is 12.8 Å². The van der Waals surface area contributed by atoms with E-state index in [-0.39, 0.29) is 5.75 Å². The van der Waals surface area contributed by atoms with Crippen molar-refractivity contribution in [2.75, 3.05) is 5.32 Å². The van der Waals surface area contributed by atoms with Gasteiger partial charge in [0.05, 0.1) is 0 Å². The molecule has 0 heterocycles. The number of rotatable bonds is 7. The maximum atomic E-state index is 12.1. The average Bonchev–Trinajstić information content (AvgIpc) is 3.12. The second-order valence-corrected chi connectivity index (χ2v) is 4.78. The van der Waals surface area contributed by atoms with Crippen LogP contribution in [-0.2, 0) is 0 Å². The molecule has 1 saturated carbocycles. The maximum absolute atomic E-state index is 12.1. The first-order chi connectivity index (χ1) is 8.69. The van der Waals surface area contributed by atoms with Crippen molar-refractivity contribution in [3.63, 3.8) is 0 Å². The van der Waals surface area contributed by atoms with Gasteiger partial charge in [0.1, 0.15) is 5.75 Å². The molecule has 1 aromatic rings. The summed E-state index contributed by atoms with van der Waals surface area (Å²) in [6.45, 7) is -0.608. The van der Waals surface area contributed by atoms with Crippen LogP contribution >= 0.6 is 0 Å². The molecule has 1 N–H and O–H groups in total. The number of hydrogen-bond acceptors (Lipinski definition) is 2. The van der Waals surface area contributed by atoms with Gasteiger partial charge in [0.15, 0.2) is 0 Å². The monoisotopic (exact) mass is 255 g/mol.